The van der Waals surface area contributed by atoms with E-state index in [1.165, 1.54) is 19.3 Å². The van der Waals surface area contributed by atoms with Crippen LogP contribution < -0.4 is 4.74 Å². The van der Waals surface area contributed by atoms with E-state index in [2.05, 4.69) is 20.7 Å². The number of imide groups is 3. The molecule has 190 valence electrons. The van der Waals surface area contributed by atoms with E-state index < -0.39 is 41.6 Å². The molecule has 0 radical (unpaired) electrons. The number of ether oxygens (including phenoxy) is 2. The molecule has 1 N–H and O–H groups in total. The quantitative estimate of drug-likeness (QED) is 0.334. The van der Waals surface area contributed by atoms with Crippen LogP contribution in [0, 0.1) is 23.7 Å². The lowest BCUT2D eigenvalue weighted by Crippen LogP contribution is -2.40. The van der Waals surface area contributed by atoms with Gasteiger partial charge in [-0.3, -0.25) is 19.2 Å². The van der Waals surface area contributed by atoms with Crippen molar-refractivity contribution in [2.75, 3.05) is 14.2 Å². The summed E-state index contributed by atoms with van der Waals surface area (Å²) in [5.41, 5.74) is 2.06. The summed E-state index contributed by atoms with van der Waals surface area (Å²) in [6.07, 6.45) is 5.91. The number of aromatic hydroxyl groups is 1. The van der Waals surface area contributed by atoms with Gasteiger partial charge in [0.05, 0.1) is 30.5 Å². The van der Waals surface area contributed by atoms with Gasteiger partial charge in [-0.15, -0.1) is 0 Å². The summed E-state index contributed by atoms with van der Waals surface area (Å²) in [5.74, 6) is -4.46. The molecule has 3 aliphatic carbocycles. The van der Waals surface area contributed by atoms with Crippen LogP contribution in [0.5, 0.6) is 11.5 Å². The Morgan fingerprint density at radius 1 is 1.14 bits per heavy atom. The molecule has 4 aliphatic rings. The summed E-state index contributed by atoms with van der Waals surface area (Å²) < 4.78 is 9.95. The number of carbonyl (C=O) groups is 5. The molecule has 0 saturated carbocycles. The van der Waals surface area contributed by atoms with Gasteiger partial charge in [-0.05, 0) is 52.4 Å². The molecule has 0 bridgehead atoms. The molecule has 9 nitrogen and oxygen atoms in total. The Balaban J connectivity index is 1.60. The van der Waals surface area contributed by atoms with Gasteiger partial charge in [-0.2, -0.15) is 4.90 Å². The molecule has 1 saturated heterocycles. The number of nitrogens with zero attached hydrogens (tertiary/aromatic N) is 1. The fourth-order valence-electron chi connectivity index (χ4n) is 5.76. The molecule has 1 fully saturated rings. The highest BCUT2D eigenvalue weighted by atomic mass is 79.9. The van der Waals surface area contributed by atoms with Crippen LogP contribution in [0.1, 0.15) is 18.4 Å². The minimum atomic E-state index is -1.03. The molecule has 37 heavy (non-hydrogen) atoms. The van der Waals surface area contributed by atoms with E-state index in [1.807, 2.05) is 6.08 Å². The van der Waals surface area contributed by atoms with E-state index >= 15 is 0 Å². The van der Waals surface area contributed by atoms with Crippen molar-refractivity contribution in [1.82, 2.24) is 4.90 Å². The molecule has 4 unspecified atom stereocenters. The third kappa shape index (κ3) is 3.87. The Hall–Kier alpha value is -3.79. The first-order valence-electron chi connectivity index (χ1n) is 11.6. The van der Waals surface area contributed by atoms with Crippen LogP contribution in [0.4, 0.5) is 4.79 Å². The van der Waals surface area contributed by atoms with Crippen molar-refractivity contribution in [2.24, 2.45) is 23.7 Å². The maximum atomic E-state index is 13.3. The zero-order valence-corrected chi connectivity index (χ0v) is 21.5. The van der Waals surface area contributed by atoms with Crippen molar-refractivity contribution in [3.05, 3.63) is 63.2 Å². The highest BCUT2D eigenvalue weighted by Gasteiger charge is 2.57. The van der Waals surface area contributed by atoms with Crippen LogP contribution in [0.2, 0.25) is 0 Å². The van der Waals surface area contributed by atoms with Gasteiger partial charge >= 0.3 is 6.09 Å². The Bertz CT molecular complexity index is 1400. The van der Waals surface area contributed by atoms with Gasteiger partial charge in [0.2, 0.25) is 11.8 Å². The third-order valence-electron chi connectivity index (χ3n) is 7.42. The Morgan fingerprint density at radius 3 is 2.59 bits per heavy atom. The summed E-state index contributed by atoms with van der Waals surface area (Å²) in [6, 6.07) is 4.79. The van der Waals surface area contributed by atoms with E-state index in [0.717, 1.165) is 12.7 Å². The lowest BCUT2D eigenvalue weighted by Gasteiger charge is -2.41. The van der Waals surface area contributed by atoms with Crippen LogP contribution in [0.3, 0.4) is 0 Å². The number of fused-ring (bicyclic) bond motifs is 3. The lowest BCUT2D eigenvalue weighted by atomic mass is 9.61. The highest BCUT2D eigenvalue weighted by molar-refractivity contribution is 9.12. The first-order chi connectivity index (χ1) is 17.7. The largest absolute Gasteiger partial charge is 0.504 e. The number of benzene rings is 1. The second-order valence-corrected chi connectivity index (χ2v) is 10.1. The monoisotopic (exact) mass is 567 g/mol. The molecule has 1 aliphatic heterocycles. The number of Topliss-reactive ketones (excluding diaryl/α,β-unsaturated/α-hetero) is 1. The number of rotatable bonds is 3. The van der Waals surface area contributed by atoms with Crippen LogP contribution >= 0.6 is 15.9 Å². The van der Waals surface area contributed by atoms with Crippen molar-refractivity contribution in [3.8, 4) is 11.5 Å². The second-order valence-electron chi connectivity index (χ2n) is 9.21. The Kier molecular flexibility index (Phi) is 6.23. The van der Waals surface area contributed by atoms with Crippen LogP contribution in [0.25, 0.3) is 6.08 Å². The third-order valence-corrected chi connectivity index (χ3v) is 8.01. The van der Waals surface area contributed by atoms with Crippen molar-refractivity contribution in [2.45, 2.75) is 12.8 Å². The fourth-order valence-corrected chi connectivity index (χ4v) is 6.21. The van der Waals surface area contributed by atoms with Crippen molar-refractivity contribution >= 4 is 51.5 Å². The maximum Gasteiger partial charge on any atom is 0.423 e. The molecule has 5 rings (SSSR count). The van der Waals surface area contributed by atoms with Crippen LogP contribution in [0.15, 0.2) is 57.6 Å². The van der Waals surface area contributed by atoms with Gasteiger partial charge in [0.1, 0.15) is 0 Å². The van der Waals surface area contributed by atoms with Gasteiger partial charge < -0.3 is 14.6 Å². The molecule has 1 aromatic rings. The van der Waals surface area contributed by atoms with Gasteiger partial charge in [0, 0.05) is 23.1 Å². The number of hydrogen-bond acceptors (Lipinski definition) is 8. The molecule has 1 aromatic carbocycles. The Morgan fingerprint density at radius 2 is 1.89 bits per heavy atom. The van der Waals surface area contributed by atoms with E-state index in [1.54, 1.807) is 24.3 Å². The first-order valence-corrected chi connectivity index (χ1v) is 12.4. The highest BCUT2D eigenvalue weighted by Crippen LogP contribution is 2.53. The van der Waals surface area contributed by atoms with Gasteiger partial charge in [0.25, 0.3) is 0 Å². The average Bonchev–Trinajstić information content (AvgIpc) is 3.15. The minimum absolute atomic E-state index is 0.0222. The topological polar surface area (TPSA) is 127 Å². The number of allylic oxidation sites excluding steroid dienone is 7. The molecule has 10 heteroatoms. The molecule has 1 heterocycles. The number of likely N-dealkylation sites (tertiary alicyclic amines) is 1. The number of ketones is 2. The predicted molar refractivity (Wildman–Crippen MR) is 133 cm³/mol. The van der Waals surface area contributed by atoms with E-state index in [0.29, 0.717) is 16.0 Å². The summed E-state index contributed by atoms with van der Waals surface area (Å²) in [4.78, 5) is 65.2. The zero-order chi connectivity index (χ0) is 26.6. The number of phenols is 1. The van der Waals surface area contributed by atoms with Gasteiger partial charge in [-0.25, -0.2) is 4.79 Å². The average molecular weight is 568 g/mol. The molecule has 4 atom stereocenters. The van der Waals surface area contributed by atoms with Crippen molar-refractivity contribution < 1.29 is 38.6 Å². The normalized spacial score (nSPS) is 27.1. The van der Waals surface area contributed by atoms with E-state index in [9.17, 15) is 29.1 Å². The first kappa shape index (κ1) is 24.9. The molecule has 0 spiro atoms. The number of phenolic OH excluding ortho intramolecular Hbond substituents is 1. The molecular formula is C27H22BrNO8. The van der Waals surface area contributed by atoms with Crippen molar-refractivity contribution in [1.29, 1.82) is 0 Å². The number of methoxy groups -OCH3 is 2. The zero-order valence-electron chi connectivity index (χ0n) is 19.9. The summed E-state index contributed by atoms with van der Waals surface area (Å²) in [7, 11) is 2.53. The smallest absolute Gasteiger partial charge is 0.423 e. The number of halogens is 1. The summed E-state index contributed by atoms with van der Waals surface area (Å²) >= 11 is 3.17. The lowest BCUT2D eigenvalue weighted by molar-refractivity contribution is -0.137. The standard InChI is InChI=1S/C27H22BrNO8/c1-36-21-9-12(4-8-19(21)30)3-5-14-13-6-7-15-23(26(34)29(25(15)33)27(35)37-2)16(13)10-17-22(14)20(31)11-18(28)24(17)32/h3-6,8-9,11,14-16,23,30H,7,10H2,1-2H3. The van der Waals surface area contributed by atoms with Gasteiger partial charge in [0.15, 0.2) is 23.1 Å². The molecular weight excluding hydrogens is 546 g/mol. The Labute approximate surface area is 220 Å². The van der Waals surface area contributed by atoms with Crippen LogP contribution in [-0.2, 0) is 23.9 Å². The fraction of sp³-hybridized carbons (Fsp3) is 0.296. The molecule has 0 aromatic heterocycles. The van der Waals surface area contributed by atoms with Crippen LogP contribution in [-0.4, -0.2) is 53.7 Å². The summed E-state index contributed by atoms with van der Waals surface area (Å²) in [6.45, 7) is 0. The second kappa shape index (κ2) is 9.26. The molecule has 3 amide bonds. The predicted octanol–water partition coefficient (Wildman–Crippen LogP) is 3.48. The minimum Gasteiger partial charge on any atom is -0.504 e. The number of amides is 3. The summed E-state index contributed by atoms with van der Waals surface area (Å²) in [5, 5.41) is 9.91. The van der Waals surface area contributed by atoms with E-state index in [4.69, 9.17) is 4.74 Å². The SMILES string of the molecule is COC(=O)N1C(=O)C2CC=C3C(C=Cc4ccc(O)c(OC)c4)C4=C(CC3C2C1=O)C(=O)C(Br)=CC4=O. The maximum absolute atomic E-state index is 13.3. The number of carbonyl (C=O) groups excluding carboxylic acids is 5. The van der Waals surface area contributed by atoms with Gasteiger partial charge in [-0.1, -0.05) is 29.9 Å². The van der Waals surface area contributed by atoms with Crippen molar-refractivity contribution in [3.63, 3.8) is 0 Å². The number of hydrogen-bond donors (Lipinski definition) is 1. The van der Waals surface area contributed by atoms with E-state index in [-0.39, 0.29) is 46.0 Å².